The third-order valence-corrected chi connectivity index (χ3v) is 3.38. The van der Waals surface area contributed by atoms with Gasteiger partial charge in [0, 0.05) is 25.0 Å². The normalized spacial score (nSPS) is 26.6. The van der Waals surface area contributed by atoms with Crippen molar-refractivity contribution in [1.82, 2.24) is 14.3 Å². The maximum Gasteiger partial charge on any atom is 0.137 e. The Balaban J connectivity index is 2.05. The van der Waals surface area contributed by atoms with E-state index in [1.54, 1.807) is 0 Å². The van der Waals surface area contributed by atoms with Crippen molar-refractivity contribution in [3.05, 3.63) is 36.3 Å². The molecule has 3 heterocycles. The van der Waals surface area contributed by atoms with E-state index in [-0.39, 0.29) is 12.1 Å². The highest BCUT2D eigenvalue weighted by molar-refractivity contribution is 5.40. The highest BCUT2D eigenvalue weighted by Gasteiger charge is 2.31. The predicted octanol–water partition coefficient (Wildman–Crippen LogP) is 1.04. The van der Waals surface area contributed by atoms with Crippen molar-refractivity contribution in [2.24, 2.45) is 5.73 Å². The lowest BCUT2D eigenvalue weighted by molar-refractivity contribution is 0.299. The van der Waals surface area contributed by atoms with E-state index in [9.17, 15) is 0 Å². The van der Waals surface area contributed by atoms with E-state index in [4.69, 9.17) is 5.73 Å². The fourth-order valence-corrected chi connectivity index (χ4v) is 2.52. The summed E-state index contributed by atoms with van der Waals surface area (Å²) in [6.45, 7) is 1.06. The van der Waals surface area contributed by atoms with Gasteiger partial charge >= 0.3 is 0 Å². The molecule has 0 spiro atoms. The quantitative estimate of drug-likeness (QED) is 0.774. The minimum atomic E-state index is 0.204. The number of pyridine rings is 1. The van der Waals surface area contributed by atoms with Gasteiger partial charge in [-0.25, -0.2) is 4.98 Å². The van der Waals surface area contributed by atoms with Crippen molar-refractivity contribution >= 4 is 5.65 Å². The first-order valence-electron chi connectivity index (χ1n) is 5.65. The standard InChI is InChI=1S/C12H16N4/c1-15-7-5-9(13)12(15)10-8-16-6-3-2-4-11(16)14-10/h2-4,6,8-9,12H,5,7,13H2,1H3. The SMILES string of the molecule is CN1CCC(N)C1c1cn2ccccc2n1. The largest absolute Gasteiger partial charge is 0.326 e. The summed E-state index contributed by atoms with van der Waals surface area (Å²) in [5.74, 6) is 0. The lowest BCUT2D eigenvalue weighted by Crippen LogP contribution is -2.29. The number of hydrogen-bond donors (Lipinski definition) is 1. The average Bonchev–Trinajstić information content (AvgIpc) is 2.82. The van der Waals surface area contributed by atoms with Crippen molar-refractivity contribution in [3.63, 3.8) is 0 Å². The minimum absolute atomic E-state index is 0.204. The molecule has 0 aliphatic carbocycles. The van der Waals surface area contributed by atoms with Crippen LogP contribution in [0.5, 0.6) is 0 Å². The van der Waals surface area contributed by atoms with Gasteiger partial charge in [-0.15, -0.1) is 0 Å². The van der Waals surface area contributed by atoms with Crippen LogP contribution in [0.2, 0.25) is 0 Å². The van der Waals surface area contributed by atoms with Crippen molar-refractivity contribution in [2.45, 2.75) is 18.5 Å². The number of fused-ring (bicyclic) bond motifs is 1. The molecule has 16 heavy (non-hydrogen) atoms. The zero-order valence-electron chi connectivity index (χ0n) is 9.37. The summed E-state index contributed by atoms with van der Waals surface area (Å²) in [5.41, 5.74) is 8.21. The summed E-state index contributed by atoms with van der Waals surface area (Å²) in [6, 6.07) is 6.50. The van der Waals surface area contributed by atoms with E-state index in [0.717, 1.165) is 24.3 Å². The van der Waals surface area contributed by atoms with E-state index in [2.05, 4.69) is 23.1 Å². The summed E-state index contributed by atoms with van der Waals surface area (Å²) in [4.78, 5) is 6.92. The van der Waals surface area contributed by atoms with Crippen LogP contribution >= 0.6 is 0 Å². The highest BCUT2D eigenvalue weighted by atomic mass is 15.2. The maximum absolute atomic E-state index is 6.13. The van der Waals surface area contributed by atoms with Crippen LogP contribution in [0.15, 0.2) is 30.6 Å². The van der Waals surface area contributed by atoms with E-state index in [1.807, 2.05) is 28.8 Å². The maximum atomic E-state index is 6.13. The van der Waals surface area contributed by atoms with Crippen molar-refractivity contribution in [3.8, 4) is 0 Å². The molecule has 1 fully saturated rings. The average molecular weight is 216 g/mol. The summed E-state index contributed by atoms with van der Waals surface area (Å²) in [7, 11) is 2.11. The van der Waals surface area contributed by atoms with Crippen molar-refractivity contribution in [1.29, 1.82) is 0 Å². The number of likely N-dealkylation sites (tertiary alicyclic amines) is 1. The fraction of sp³-hybridized carbons (Fsp3) is 0.417. The monoisotopic (exact) mass is 216 g/mol. The molecule has 4 heteroatoms. The van der Waals surface area contributed by atoms with Gasteiger partial charge in [0.25, 0.3) is 0 Å². The molecule has 4 nitrogen and oxygen atoms in total. The second kappa shape index (κ2) is 3.57. The summed E-state index contributed by atoms with van der Waals surface area (Å²) < 4.78 is 2.05. The highest BCUT2D eigenvalue weighted by Crippen LogP contribution is 2.28. The van der Waals surface area contributed by atoms with Crippen molar-refractivity contribution in [2.75, 3.05) is 13.6 Å². The van der Waals surface area contributed by atoms with E-state index in [1.165, 1.54) is 0 Å². The molecule has 0 saturated carbocycles. The Kier molecular flexibility index (Phi) is 2.19. The zero-order chi connectivity index (χ0) is 11.1. The molecule has 2 atom stereocenters. The molecule has 0 amide bonds. The van der Waals surface area contributed by atoms with Gasteiger partial charge in [0.05, 0.1) is 11.7 Å². The van der Waals surface area contributed by atoms with Gasteiger partial charge in [0.15, 0.2) is 0 Å². The Morgan fingerprint density at radius 3 is 3.00 bits per heavy atom. The molecule has 1 saturated heterocycles. The molecular weight excluding hydrogens is 200 g/mol. The van der Waals surface area contributed by atoms with E-state index in [0.29, 0.717) is 0 Å². The van der Waals surface area contributed by atoms with Gasteiger partial charge in [-0.2, -0.15) is 0 Å². The first kappa shape index (κ1) is 9.81. The Labute approximate surface area is 94.7 Å². The fourth-order valence-electron chi connectivity index (χ4n) is 2.52. The molecule has 1 aliphatic heterocycles. The van der Waals surface area contributed by atoms with E-state index >= 15 is 0 Å². The molecule has 3 rings (SSSR count). The second-order valence-electron chi connectivity index (χ2n) is 4.51. The summed E-state index contributed by atoms with van der Waals surface area (Å²) in [6.07, 6.45) is 5.16. The number of rotatable bonds is 1. The Bertz CT molecular complexity index is 461. The molecule has 84 valence electrons. The first-order chi connectivity index (χ1) is 7.75. The topological polar surface area (TPSA) is 46.6 Å². The smallest absolute Gasteiger partial charge is 0.137 e. The number of aromatic nitrogens is 2. The van der Waals surface area contributed by atoms with Gasteiger partial charge in [-0.05, 0) is 25.6 Å². The number of nitrogens with zero attached hydrogens (tertiary/aromatic N) is 3. The molecule has 2 unspecified atom stereocenters. The number of hydrogen-bond acceptors (Lipinski definition) is 3. The predicted molar refractivity (Wildman–Crippen MR) is 63.2 cm³/mol. The van der Waals surface area contributed by atoms with Crippen LogP contribution < -0.4 is 5.73 Å². The molecule has 0 aromatic carbocycles. The van der Waals surface area contributed by atoms with Crippen LogP contribution in [0, 0.1) is 0 Å². The molecule has 0 bridgehead atoms. The van der Waals surface area contributed by atoms with Crippen LogP contribution in [0.4, 0.5) is 0 Å². The summed E-state index contributed by atoms with van der Waals surface area (Å²) >= 11 is 0. The number of likely N-dealkylation sites (N-methyl/N-ethyl adjacent to an activating group) is 1. The Morgan fingerprint density at radius 1 is 1.44 bits per heavy atom. The molecule has 2 aromatic heterocycles. The van der Waals surface area contributed by atoms with Gasteiger partial charge in [-0.1, -0.05) is 6.07 Å². The van der Waals surface area contributed by atoms with Crippen LogP contribution in [0.3, 0.4) is 0 Å². The molecular formula is C12H16N4. The van der Waals surface area contributed by atoms with Crippen LogP contribution in [-0.4, -0.2) is 33.9 Å². The molecule has 0 radical (unpaired) electrons. The van der Waals surface area contributed by atoms with Crippen molar-refractivity contribution < 1.29 is 0 Å². The lowest BCUT2D eigenvalue weighted by Gasteiger charge is -2.20. The lowest BCUT2D eigenvalue weighted by atomic mass is 10.1. The van der Waals surface area contributed by atoms with Gasteiger partial charge < -0.3 is 10.1 Å². The molecule has 1 aliphatic rings. The molecule has 2 aromatic rings. The van der Waals surface area contributed by atoms with Gasteiger partial charge in [-0.3, -0.25) is 4.90 Å². The van der Waals surface area contributed by atoms with Gasteiger partial charge in [0.1, 0.15) is 5.65 Å². The first-order valence-corrected chi connectivity index (χ1v) is 5.65. The van der Waals surface area contributed by atoms with Crippen LogP contribution in [-0.2, 0) is 0 Å². The summed E-state index contributed by atoms with van der Waals surface area (Å²) in [5, 5.41) is 0. The van der Waals surface area contributed by atoms with Gasteiger partial charge in [0.2, 0.25) is 0 Å². The third-order valence-electron chi connectivity index (χ3n) is 3.38. The Hall–Kier alpha value is -1.39. The number of nitrogens with two attached hydrogens (primary N) is 1. The zero-order valence-corrected chi connectivity index (χ0v) is 9.37. The molecule has 2 N–H and O–H groups in total. The Morgan fingerprint density at radius 2 is 2.31 bits per heavy atom. The third kappa shape index (κ3) is 1.42. The van der Waals surface area contributed by atoms with E-state index < -0.39 is 0 Å². The van der Waals surface area contributed by atoms with Crippen LogP contribution in [0.25, 0.3) is 5.65 Å². The second-order valence-corrected chi connectivity index (χ2v) is 4.51. The minimum Gasteiger partial charge on any atom is -0.326 e. The number of imidazole rings is 1. The van der Waals surface area contributed by atoms with Crippen LogP contribution in [0.1, 0.15) is 18.2 Å².